The number of alkyl halides is 6. The van der Waals surface area contributed by atoms with Crippen LogP contribution in [0, 0.1) is 0 Å². The van der Waals surface area contributed by atoms with Crippen molar-refractivity contribution in [2.75, 3.05) is 13.6 Å². The predicted molar refractivity (Wildman–Crippen MR) is 76.2 cm³/mol. The van der Waals surface area contributed by atoms with Crippen LogP contribution in [-0.2, 0) is 12.4 Å². The Kier molecular flexibility index (Phi) is 4.83. The topological polar surface area (TPSA) is 38.1 Å². The lowest BCUT2D eigenvalue weighted by Gasteiger charge is -2.17. The van der Waals surface area contributed by atoms with E-state index in [4.69, 9.17) is 0 Å². The second kappa shape index (κ2) is 6.41. The zero-order valence-corrected chi connectivity index (χ0v) is 13.1. The average molecular weight is 365 g/mol. The van der Waals surface area contributed by atoms with Gasteiger partial charge >= 0.3 is 12.4 Å². The zero-order valence-electron chi connectivity index (χ0n) is 13.1. The molecule has 10 heteroatoms. The molecule has 0 N–H and O–H groups in total. The molecule has 0 saturated heterocycles. The molecule has 2 aromatic rings. The monoisotopic (exact) mass is 365 g/mol. The molecule has 136 valence electrons. The first kappa shape index (κ1) is 18.8. The number of hydrogen-bond donors (Lipinski definition) is 0. The maximum absolute atomic E-state index is 13.4. The van der Waals surface area contributed by atoms with E-state index in [0.29, 0.717) is 16.9 Å². The third-order valence-electron chi connectivity index (χ3n) is 3.51. The molecule has 0 atom stereocenters. The van der Waals surface area contributed by atoms with E-state index < -0.39 is 40.8 Å². The van der Waals surface area contributed by atoms with Crippen LogP contribution in [0.3, 0.4) is 0 Å². The van der Waals surface area contributed by atoms with E-state index in [1.807, 2.05) is 0 Å². The average Bonchev–Trinajstić information content (AvgIpc) is 2.98. The minimum absolute atomic E-state index is 0.158. The minimum atomic E-state index is -4.98. The van der Waals surface area contributed by atoms with Gasteiger partial charge in [0.05, 0.1) is 23.0 Å². The van der Waals surface area contributed by atoms with Gasteiger partial charge < -0.3 is 4.90 Å². The van der Waals surface area contributed by atoms with Crippen LogP contribution >= 0.6 is 0 Å². The van der Waals surface area contributed by atoms with E-state index >= 15 is 0 Å². The molecule has 0 aliphatic heterocycles. The van der Waals surface area contributed by atoms with E-state index in [9.17, 15) is 31.1 Å². The molecule has 0 aliphatic rings. The normalized spacial score (nSPS) is 12.3. The SMILES string of the molecule is CCN(C)C(=O)c1cnn(-c2cccc(C(F)(F)F)c2)c1C(F)(F)F. The van der Waals surface area contributed by atoms with Crippen molar-refractivity contribution < 1.29 is 31.1 Å². The lowest BCUT2D eigenvalue weighted by Crippen LogP contribution is -2.28. The summed E-state index contributed by atoms with van der Waals surface area (Å²) in [5.41, 5.74) is -3.71. The Morgan fingerprint density at radius 2 is 1.80 bits per heavy atom. The second-order valence-electron chi connectivity index (χ2n) is 5.18. The quantitative estimate of drug-likeness (QED) is 0.771. The Balaban J connectivity index is 2.64. The van der Waals surface area contributed by atoms with Crippen LogP contribution in [-0.4, -0.2) is 34.2 Å². The summed E-state index contributed by atoms with van der Waals surface area (Å²) in [7, 11) is 1.31. The molecule has 1 heterocycles. The number of carbonyl (C=O) groups is 1. The van der Waals surface area contributed by atoms with Gasteiger partial charge in [0.15, 0.2) is 5.69 Å². The van der Waals surface area contributed by atoms with Crippen molar-refractivity contribution in [3.8, 4) is 5.69 Å². The maximum atomic E-state index is 13.4. The molecule has 0 saturated carbocycles. The summed E-state index contributed by atoms with van der Waals surface area (Å²) in [5, 5.41) is 3.50. The molecule has 0 aliphatic carbocycles. The Morgan fingerprint density at radius 1 is 1.16 bits per heavy atom. The third kappa shape index (κ3) is 3.77. The Hall–Kier alpha value is -2.52. The van der Waals surface area contributed by atoms with Crippen LogP contribution < -0.4 is 0 Å². The Morgan fingerprint density at radius 3 is 2.32 bits per heavy atom. The molecule has 0 spiro atoms. The molecule has 1 aromatic heterocycles. The van der Waals surface area contributed by atoms with Gasteiger partial charge in [-0.25, -0.2) is 4.68 Å². The highest BCUT2D eigenvalue weighted by Crippen LogP contribution is 2.35. The largest absolute Gasteiger partial charge is 0.434 e. The summed E-state index contributed by atoms with van der Waals surface area (Å²) in [6.45, 7) is 1.73. The van der Waals surface area contributed by atoms with Gasteiger partial charge in [0.25, 0.3) is 5.91 Å². The molecule has 1 amide bonds. The summed E-state index contributed by atoms with van der Waals surface area (Å²) in [5.74, 6) is -0.923. The van der Waals surface area contributed by atoms with Gasteiger partial charge in [-0.15, -0.1) is 0 Å². The van der Waals surface area contributed by atoms with Crippen LogP contribution in [0.4, 0.5) is 26.3 Å². The number of aromatic nitrogens is 2. The Labute approximate surface area is 138 Å². The summed E-state index contributed by atoms with van der Waals surface area (Å²) in [4.78, 5) is 13.2. The summed E-state index contributed by atoms with van der Waals surface area (Å²) < 4.78 is 79.0. The van der Waals surface area contributed by atoms with Gasteiger partial charge in [0.1, 0.15) is 0 Å². The van der Waals surface area contributed by atoms with Crippen molar-refractivity contribution in [2.45, 2.75) is 19.3 Å². The van der Waals surface area contributed by atoms with Crippen LogP contribution in [0.2, 0.25) is 0 Å². The first-order valence-electron chi connectivity index (χ1n) is 7.05. The van der Waals surface area contributed by atoms with Crippen molar-refractivity contribution >= 4 is 5.91 Å². The standard InChI is InChI=1S/C15H13F6N3O/c1-3-23(2)13(25)11-8-22-24(12(11)15(19,20)21)10-6-4-5-9(7-10)14(16,17)18/h4-8H,3H2,1-2H3. The van der Waals surface area contributed by atoms with Crippen LogP contribution in [0.1, 0.15) is 28.5 Å². The zero-order chi connectivity index (χ0) is 19.0. The van der Waals surface area contributed by atoms with Crippen molar-refractivity contribution in [1.29, 1.82) is 0 Å². The molecule has 0 radical (unpaired) electrons. The lowest BCUT2D eigenvalue weighted by molar-refractivity contribution is -0.143. The fourth-order valence-corrected chi connectivity index (χ4v) is 2.14. The number of nitrogens with zero attached hydrogens (tertiary/aromatic N) is 3. The van der Waals surface area contributed by atoms with Gasteiger partial charge in [0, 0.05) is 13.6 Å². The maximum Gasteiger partial charge on any atom is 0.434 e. The first-order valence-corrected chi connectivity index (χ1v) is 7.05. The molecular formula is C15H13F6N3O. The van der Waals surface area contributed by atoms with E-state index in [2.05, 4.69) is 5.10 Å². The number of halogens is 6. The van der Waals surface area contributed by atoms with E-state index in [1.165, 1.54) is 7.05 Å². The van der Waals surface area contributed by atoms with Crippen LogP contribution in [0.25, 0.3) is 5.69 Å². The molecule has 25 heavy (non-hydrogen) atoms. The van der Waals surface area contributed by atoms with Gasteiger partial charge in [-0.2, -0.15) is 31.4 Å². The number of hydrogen-bond acceptors (Lipinski definition) is 2. The van der Waals surface area contributed by atoms with E-state index in [-0.39, 0.29) is 6.54 Å². The highest BCUT2D eigenvalue weighted by Gasteiger charge is 2.41. The van der Waals surface area contributed by atoms with Gasteiger partial charge in [-0.3, -0.25) is 4.79 Å². The molecule has 0 bridgehead atoms. The van der Waals surface area contributed by atoms with Crippen molar-refractivity contribution in [3.63, 3.8) is 0 Å². The highest BCUT2D eigenvalue weighted by atomic mass is 19.4. The third-order valence-corrected chi connectivity index (χ3v) is 3.51. The predicted octanol–water partition coefficient (Wildman–Crippen LogP) is 4.00. The number of benzene rings is 1. The van der Waals surface area contributed by atoms with E-state index in [1.54, 1.807) is 6.92 Å². The highest BCUT2D eigenvalue weighted by molar-refractivity contribution is 5.95. The smallest absolute Gasteiger partial charge is 0.342 e. The fourth-order valence-electron chi connectivity index (χ4n) is 2.14. The minimum Gasteiger partial charge on any atom is -0.342 e. The first-order chi connectivity index (χ1) is 11.5. The molecule has 4 nitrogen and oxygen atoms in total. The van der Waals surface area contributed by atoms with Gasteiger partial charge in [-0.05, 0) is 25.1 Å². The second-order valence-corrected chi connectivity index (χ2v) is 5.18. The molecule has 0 fully saturated rings. The van der Waals surface area contributed by atoms with Crippen LogP contribution in [0.15, 0.2) is 30.5 Å². The number of amides is 1. The molecule has 1 aromatic carbocycles. The molecular weight excluding hydrogens is 352 g/mol. The van der Waals surface area contributed by atoms with Gasteiger partial charge in [-0.1, -0.05) is 6.07 Å². The van der Waals surface area contributed by atoms with Crippen LogP contribution in [0.5, 0.6) is 0 Å². The fraction of sp³-hybridized carbons (Fsp3) is 0.333. The number of carbonyl (C=O) groups excluding carboxylic acids is 1. The summed E-state index contributed by atoms with van der Waals surface area (Å²) in [6.07, 6.45) is -9.00. The summed E-state index contributed by atoms with van der Waals surface area (Å²) in [6, 6.07) is 3.30. The number of rotatable bonds is 3. The Bertz CT molecular complexity index is 778. The lowest BCUT2D eigenvalue weighted by atomic mass is 10.1. The van der Waals surface area contributed by atoms with Crippen molar-refractivity contribution in [3.05, 3.63) is 47.3 Å². The van der Waals surface area contributed by atoms with Crippen molar-refractivity contribution in [1.82, 2.24) is 14.7 Å². The summed E-state index contributed by atoms with van der Waals surface area (Å²) >= 11 is 0. The van der Waals surface area contributed by atoms with E-state index in [0.717, 1.165) is 23.1 Å². The molecule has 0 unspecified atom stereocenters. The van der Waals surface area contributed by atoms with Crippen molar-refractivity contribution in [2.24, 2.45) is 0 Å². The van der Waals surface area contributed by atoms with Gasteiger partial charge in [0.2, 0.25) is 0 Å². The molecule has 2 rings (SSSR count).